The van der Waals surface area contributed by atoms with E-state index in [1.807, 2.05) is 0 Å². The molecule has 1 fully saturated rings. The number of nitrogens with one attached hydrogen (secondary N) is 1. The molecule has 14 heavy (non-hydrogen) atoms. The average molecular weight is 199 g/mol. The van der Waals surface area contributed by atoms with Gasteiger partial charge in [-0.3, -0.25) is 0 Å². The van der Waals surface area contributed by atoms with Crippen molar-refractivity contribution in [3.8, 4) is 0 Å². The summed E-state index contributed by atoms with van der Waals surface area (Å²) in [5.74, 6) is 1.04. The Morgan fingerprint density at radius 3 is 1.86 bits per heavy atom. The summed E-state index contributed by atoms with van der Waals surface area (Å²) in [7, 11) is 0. The summed E-state index contributed by atoms with van der Waals surface area (Å²) in [5, 5.41) is 3.37. The molecule has 1 heterocycles. The summed E-state index contributed by atoms with van der Waals surface area (Å²) in [6.07, 6.45) is 9.71. The van der Waals surface area contributed by atoms with Gasteiger partial charge in [0.1, 0.15) is 0 Å². The summed E-state index contributed by atoms with van der Waals surface area (Å²) in [5.41, 5.74) is 0. The van der Waals surface area contributed by atoms with Gasteiger partial charge in [-0.15, -0.1) is 0 Å². The van der Waals surface area contributed by atoms with Crippen LogP contribution < -0.4 is 5.32 Å². The van der Waals surface area contributed by atoms with Gasteiger partial charge in [0.2, 0.25) is 0 Å². The first-order valence-corrected chi connectivity index (χ1v) is 6.55. The van der Waals surface area contributed by atoms with E-state index in [-0.39, 0.29) is 0 Å². The Kier molecular flexibility index (Phi) is 11.0. The molecule has 1 saturated heterocycles. The van der Waals surface area contributed by atoms with E-state index in [2.05, 4.69) is 26.1 Å². The quantitative estimate of drug-likeness (QED) is 0.722. The lowest BCUT2D eigenvalue weighted by Gasteiger charge is -2.21. The topological polar surface area (TPSA) is 12.0 Å². The lowest BCUT2D eigenvalue weighted by Crippen LogP contribution is -2.27. The van der Waals surface area contributed by atoms with Crippen LogP contribution in [0.2, 0.25) is 0 Å². The minimum atomic E-state index is 1.04. The van der Waals surface area contributed by atoms with Crippen molar-refractivity contribution in [1.82, 2.24) is 5.32 Å². The lowest BCUT2D eigenvalue weighted by atomic mass is 9.94. The van der Waals surface area contributed by atoms with Gasteiger partial charge in [-0.2, -0.15) is 0 Å². The van der Waals surface area contributed by atoms with E-state index in [0.29, 0.717) is 0 Å². The molecular weight excluding hydrogens is 170 g/mol. The minimum absolute atomic E-state index is 1.04. The van der Waals surface area contributed by atoms with Crippen LogP contribution in [0, 0.1) is 5.92 Å². The third-order valence-electron chi connectivity index (χ3n) is 2.86. The Balaban J connectivity index is 0.000000292. The second-order valence-electron chi connectivity index (χ2n) is 4.34. The van der Waals surface area contributed by atoms with E-state index in [1.54, 1.807) is 0 Å². The van der Waals surface area contributed by atoms with Crippen LogP contribution in [0.4, 0.5) is 0 Å². The predicted molar refractivity (Wildman–Crippen MR) is 65.7 cm³/mol. The number of hydrogen-bond acceptors (Lipinski definition) is 1. The molecule has 1 rings (SSSR count). The zero-order valence-corrected chi connectivity index (χ0v) is 10.4. The lowest BCUT2D eigenvalue weighted by molar-refractivity contribution is 0.351. The van der Waals surface area contributed by atoms with Crippen LogP contribution in [0.1, 0.15) is 65.7 Å². The van der Waals surface area contributed by atoms with Gasteiger partial charge in [0, 0.05) is 0 Å². The second kappa shape index (κ2) is 11.0. The molecule has 0 unspecified atom stereocenters. The van der Waals surface area contributed by atoms with E-state index < -0.39 is 0 Å². The zero-order valence-electron chi connectivity index (χ0n) is 10.4. The summed E-state index contributed by atoms with van der Waals surface area (Å²) in [6.45, 7) is 9.21. The van der Waals surface area contributed by atoms with Gasteiger partial charge < -0.3 is 5.32 Å². The van der Waals surface area contributed by atoms with Crippen molar-refractivity contribution in [3.63, 3.8) is 0 Å². The maximum atomic E-state index is 3.37. The molecule has 0 amide bonds. The molecule has 0 atom stereocenters. The van der Waals surface area contributed by atoms with E-state index in [4.69, 9.17) is 0 Å². The smallest absolute Gasteiger partial charge is 0.00463 e. The van der Waals surface area contributed by atoms with Gasteiger partial charge in [0.05, 0.1) is 0 Å². The Morgan fingerprint density at radius 2 is 1.50 bits per heavy atom. The molecule has 0 bridgehead atoms. The third-order valence-corrected chi connectivity index (χ3v) is 2.86. The number of rotatable bonds is 4. The van der Waals surface area contributed by atoms with Crippen molar-refractivity contribution >= 4 is 0 Å². The summed E-state index contributed by atoms with van der Waals surface area (Å²) in [4.78, 5) is 0. The molecule has 0 saturated carbocycles. The molecule has 0 aliphatic carbocycles. The van der Waals surface area contributed by atoms with E-state index in [1.165, 1.54) is 58.0 Å². The van der Waals surface area contributed by atoms with Crippen LogP contribution in [0.15, 0.2) is 0 Å². The first kappa shape index (κ1) is 14.0. The highest BCUT2D eigenvalue weighted by Gasteiger charge is 2.10. The maximum Gasteiger partial charge on any atom is -0.00463 e. The van der Waals surface area contributed by atoms with E-state index >= 15 is 0 Å². The van der Waals surface area contributed by atoms with Crippen LogP contribution in [-0.4, -0.2) is 13.1 Å². The summed E-state index contributed by atoms with van der Waals surface area (Å²) >= 11 is 0. The molecule has 0 aromatic heterocycles. The predicted octanol–water partition coefficient (Wildman–Crippen LogP) is 3.98. The molecule has 1 heteroatoms. The van der Waals surface area contributed by atoms with E-state index in [0.717, 1.165) is 5.92 Å². The Labute approximate surface area is 90.7 Å². The van der Waals surface area contributed by atoms with Gasteiger partial charge >= 0.3 is 0 Å². The van der Waals surface area contributed by atoms with Crippen molar-refractivity contribution in [3.05, 3.63) is 0 Å². The third kappa shape index (κ3) is 8.55. The second-order valence-corrected chi connectivity index (χ2v) is 4.34. The Morgan fingerprint density at radius 1 is 0.929 bits per heavy atom. The van der Waals surface area contributed by atoms with Crippen LogP contribution in [0.3, 0.4) is 0 Å². The first-order valence-electron chi connectivity index (χ1n) is 6.55. The molecule has 0 aromatic rings. The fraction of sp³-hybridized carbons (Fsp3) is 1.00. The van der Waals surface area contributed by atoms with Crippen LogP contribution in [0.25, 0.3) is 0 Å². The zero-order chi connectivity index (χ0) is 10.6. The van der Waals surface area contributed by atoms with Gasteiger partial charge in [-0.25, -0.2) is 0 Å². The number of hydrogen-bond donors (Lipinski definition) is 1. The van der Waals surface area contributed by atoms with Crippen molar-refractivity contribution < 1.29 is 0 Å². The maximum absolute atomic E-state index is 3.37. The molecule has 1 N–H and O–H groups in total. The SMILES string of the molecule is CCCC1CCNCC1.CCCCC. The molecule has 1 aliphatic rings. The summed E-state index contributed by atoms with van der Waals surface area (Å²) in [6, 6.07) is 0. The number of piperidine rings is 1. The monoisotopic (exact) mass is 199 g/mol. The highest BCUT2D eigenvalue weighted by molar-refractivity contribution is 4.67. The van der Waals surface area contributed by atoms with Crippen LogP contribution in [0.5, 0.6) is 0 Å². The Hall–Kier alpha value is -0.0400. The fourth-order valence-electron chi connectivity index (χ4n) is 1.93. The normalized spacial score (nSPS) is 17.4. The van der Waals surface area contributed by atoms with Crippen LogP contribution in [-0.2, 0) is 0 Å². The number of unbranched alkanes of at least 4 members (excludes halogenated alkanes) is 2. The molecule has 0 radical (unpaired) electrons. The largest absolute Gasteiger partial charge is 0.317 e. The summed E-state index contributed by atoms with van der Waals surface area (Å²) < 4.78 is 0. The minimum Gasteiger partial charge on any atom is -0.317 e. The highest BCUT2D eigenvalue weighted by atomic mass is 14.9. The molecule has 0 aromatic carbocycles. The van der Waals surface area contributed by atoms with Gasteiger partial charge in [-0.1, -0.05) is 52.9 Å². The van der Waals surface area contributed by atoms with Crippen molar-refractivity contribution in [2.75, 3.05) is 13.1 Å². The molecule has 1 aliphatic heterocycles. The molecule has 0 spiro atoms. The Bertz CT molecular complexity index is 90.7. The highest BCUT2D eigenvalue weighted by Crippen LogP contribution is 2.16. The standard InChI is InChI=1S/C8H17N.C5H12/c1-2-3-8-4-6-9-7-5-8;1-3-5-4-2/h8-9H,2-7H2,1H3;3-5H2,1-2H3. The molecular formula is C13H29N. The van der Waals surface area contributed by atoms with Crippen molar-refractivity contribution in [1.29, 1.82) is 0 Å². The van der Waals surface area contributed by atoms with Gasteiger partial charge in [-0.05, 0) is 31.8 Å². The molecule has 1 nitrogen and oxygen atoms in total. The van der Waals surface area contributed by atoms with E-state index in [9.17, 15) is 0 Å². The fourth-order valence-corrected chi connectivity index (χ4v) is 1.93. The first-order chi connectivity index (χ1) is 6.85. The average Bonchev–Trinajstić information content (AvgIpc) is 2.22. The molecule has 86 valence electrons. The van der Waals surface area contributed by atoms with Gasteiger partial charge in [0.15, 0.2) is 0 Å². The van der Waals surface area contributed by atoms with Crippen LogP contribution >= 0.6 is 0 Å². The van der Waals surface area contributed by atoms with Crippen molar-refractivity contribution in [2.24, 2.45) is 5.92 Å². The van der Waals surface area contributed by atoms with Crippen molar-refractivity contribution in [2.45, 2.75) is 65.7 Å². The van der Waals surface area contributed by atoms with Gasteiger partial charge in [0.25, 0.3) is 0 Å².